The average Bonchev–Trinajstić information content (AvgIpc) is 2.88. The van der Waals surface area contributed by atoms with E-state index in [1.165, 1.54) is 5.39 Å². The molecule has 0 saturated heterocycles. The van der Waals surface area contributed by atoms with E-state index in [4.69, 9.17) is 4.52 Å². The first kappa shape index (κ1) is 10.9. The molecule has 1 aromatic heterocycles. The number of fused-ring (bicyclic) bond motifs is 1. The van der Waals surface area contributed by atoms with Gasteiger partial charge in [-0.05, 0) is 23.8 Å². The topological polar surface area (TPSA) is 59.2 Å². The van der Waals surface area contributed by atoms with Crippen LogP contribution < -0.4 is 0 Å². The van der Waals surface area contributed by atoms with Crippen LogP contribution >= 0.6 is 0 Å². The standard InChI is InChI=1S/C14H12N2O2/c1-9(17)14-15-13(16-18-14)12-7-6-10-4-2-3-5-11(10)8-12/h2-9,17H,1H3/t9-/m0/s1. The van der Waals surface area contributed by atoms with Crippen molar-refractivity contribution in [1.82, 2.24) is 10.1 Å². The fourth-order valence-corrected chi connectivity index (χ4v) is 1.85. The molecular weight excluding hydrogens is 228 g/mol. The molecule has 4 heteroatoms. The molecule has 90 valence electrons. The van der Waals surface area contributed by atoms with Crippen molar-refractivity contribution in [3.8, 4) is 11.4 Å². The summed E-state index contributed by atoms with van der Waals surface area (Å²) in [6.45, 7) is 1.59. The van der Waals surface area contributed by atoms with Crippen LogP contribution in [0.5, 0.6) is 0 Å². The lowest BCUT2D eigenvalue weighted by Crippen LogP contribution is -1.90. The predicted octanol–water partition coefficient (Wildman–Crippen LogP) is 2.94. The molecule has 1 heterocycles. The number of aliphatic hydroxyl groups is 1. The first-order chi connectivity index (χ1) is 8.74. The summed E-state index contributed by atoms with van der Waals surface area (Å²) in [5.41, 5.74) is 0.879. The number of hydrogen-bond acceptors (Lipinski definition) is 4. The van der Waals surface area contributed by atoms with Gasteiger partial charge >= 0.3 is 0 Å². The molecule has 0 aliphatic rings. The molecule has 0 fully saturated rings. The van der Waals surface area contributed by atoms with Crippen LogP contribution in [-0.4, -0.2) is 15.2 Å². The van der Waals surface area contributed by atoms with E-state index in [2.05, 4.69) is 16.2 Å². The molecule has 0 aliphatic carbocycles. The van der Waals surface area contributed by atoms with Gasteiger partial charge in [0.2, 0.25) is 5.82 Å². The lowest BCUT2D eigenvalue weighted by molar-refractivity contribution is 0.152. The van der Waals surface area contributed by atoms with Gasteiger partial charge in [-0.25, -0.2) is 0 Å². The van der Waals surface area contributed by atoms with Crippen molar-refractivity contribution in [3.63, 3.8) is 0 Å². The van der Waals surface area contributed by atoms with Crippen LogP contribution in [0.3, 0.4) is 0 Å². The maximum absolute atomic E-state index is 9.36. The van der Waals surface area contributed by atoms with Crippen LogP contribution in [0, 0.1) is 0 Å². The van der Waals surface area contributed by atoms with Gasteiger partial charge in [0, 0.05) is 5.56 Å². The molecule has 0 unspecified atom stereocenters. The zero-order valence-electron chi connectivity index (χ0n) is 9.87. The zero-order valence-corrected chi connectivity index (χ0v) is 9.87. The van der Waals surface area contributed by atoms with Crippen LogP contribution in [0.25, 0.3) is 22.2 Å². The largest absolute Gasteiger partial charge is 0.384 e. The number of hydrogen-bond donors (Lipinski definition) is 1. The Morgan fingerprint density at radius 3 is 2.61 bits per heavy atom. The van der Waals surface area contributed by atoms with Crippen molar-refractivity contribution in [2.75, 3.05) is 0 Å². The molecule has 1 N–H and O–H groups in total. The van der Waals surface area contributed by atoms with E-state index in [0.29, 0.717) is 5.82 Å². The fraction of sp³-hybridized carbons (Fsp3) is 0.143. The first-order valence-corrected chi connectivity index (χ1v) is 5.75. The Kier molecular flexibility index (Phi) is 2.57. The Hall–Kier alpha value is -2.20. The van der Waals surface area contributed by atoms with Crippen LogP contribution in [0.4, 0.5) is 0 Å². The van der Waals surface area contributed by atoms with E-state index in [1.54, 1.807) is 6.92 Å². The first-order valence-electron chi connectivity index (χ1n) is 5.75. The third-order valence-electron chi connectivity index (χ3n) is 2.81. The highest BCUT2D eigenvalue weighted by molar-refractivity contribution is 5.86. The highest BCUT2D eigenvalue weighted by Crippen LogP contribution is 2.23. The molecule has 4 nitrogen and oxygen atoms in total. The van der Waals surface area contributed by atoms with Crippen LogP contribution in [0.1, 0.15) is 18.9 Å². The van der Waals surface area contributed by atoms with E-state index >= 15 is 0 Å². The summed E-state index contributed by atoms with van der Waals surface area (Å²) in [4.78, 5) is 4.16. The summed E-state index contributed by atoms with van der Waals surface area (Å²) in [6, 6.07) is 14.0. The van der Waals surface area contributed by atoms with Gasteiger partial charge < -0.3 is 9.63 Å². The molecule has 3 aromatic rings. The van der Waals surface area contributed by atoms with Gasteiger partial charge in [-0.2, -0.15) is 4.98 Å². The Morgan fingerprint density at radius 2 is 1.89 bits per heavy atom. The maximum atomic E-state index is 9.36. The summed E-state index contributed by atoms with van der Waals surface area (Å²) in [6.07, 6.45) is -0.744. The molecule has 0 aliphatic heterocycles. The van der Waals surface area contributed by atoms with Gasteiger partial charge in [0.25, 0.3) is 5.89 Å². The molecule has 0 spiro atoms. The molecule has 0 radical (unpaired) electrons. The lowest BCUT2D eigenvalue weighted by Gasteiger charge is -1.99. The Morgan fingerprint density at radius 1 is 1.11 bits per heavy atom. The Balaban J connectivity index is 2.07. The highest BCUT2D eigenvalue weighted by Gasteiger charge is 2.12. The van der Waals surface area contributed by atoms with Crippen molar-refractivity contribution < 1.29 is 9.63 Å². The molecule has 3 rings (SSSR count). The summed E-state index contributed by atoms with van der Waals surface area (Å²) in [5.74, 6) is 0.731. The molecule has 2 aromatic carbocycles. The summed E-state index contributed by atoms with van der Waals surface area (Å²) >= 11 is 0. The van der Waals surface area contributed by atoms with E-state index < -0.39 is 6.10 Å². The van der Waals surface area contributed by atoms with E-state index in [-0.39, 0.29) is 5.89 Å². The molecule has 18 heavy (non-hydrogen) atoms. The molecular formula is C14H12N2O2. The van der Waals surface area contributed by atoms with Crippen LogP contribution in [0.2, 0.25) is 0 Å². The van der Waals surface area contributed by atoms with Gasteiger partial charge in [0.05, 0.1) is 0 Å². The van der Waals surface area contributed by atoms with Crippen LogP contribution in [-0.2, 0) is 0 Å². The SMILES string of the molecule is C[C@H](O)c1nc(-c2ccc3ccccc3c2)no1. The minimum absolute atomic E-state index is 0.234. The van der Waals surface area contributed by atoms with Gasteiger partial charge in [-0.15, -0.1) is 0 Å². The quantitative estimate of drug-likeness (QED) is 0.748. The Labute approximate surface area is 104 Å². The van der Waals surface area contributed by atoms with Crippen molar-refractivity contribution >= 4 is 10.8 Å². The van der Waals surface area contributed by atoms with E-state index in [0.717, 1.165) is 10.9 Å². The molecule has 1 atom stereocenters. The van der Waals surface area contributed by atoms with Crippen molar-refractivity contribution in [2.24, 2.45) is 0 Å². The second kappa shape index (κ2) is 4.23. The zero-order chi connectivity index (χ0) is 12.5. The van der Waals surface area contributed by atoms with Gasteiger partial charge in [-0.3, -0.25) is 0 Å². The minimum atomic E-state index is -0.744. The van der Waals surface area contributed by atoms with E-state index in [9.17, 15) is 5.11 Å². The predicted molar refractivity (Wildman–Crippen MR) is 67.9 cm³/mol. The Bertz CT molecular complexity index is 689. The fourth-order valence-electron chi connectivity index (χ4n) is 1.85. The highest BCUT2D eigenvalue weighted by atomic mass is 16.5. The molecule has 0 amide bonds. The molecule has 0 bridgehead atoms. The normalized spacial score (nSPS) is 12.8. The van der Waals surface area contributed by atoms with Gasteiger partial charge in [0.1, 0.15) is 6.10 Å². The summed E-state index contributed by atoms with van der Waals surface area (Å²) in [5, 5.41) is 15.5. The average molecular weight is 240 g/mol. The number of rotatable bonds is 2. The maximum Gasteiger partial charge on any atom is 0.255 e. The van der Waals surface area contributed by atoms with Crippen molar-refractivity contribution in [2.45, 2.75) is 13.0 Å². The minimum Gasteiger partial charge on any atom is -0.384 e. The third-order valence-corrected chi connectivity index (χ3v) is 2.81. The second-order valence-electron chi connectivity index (χ2n) is 4.19. The number of aromatic nitrogens is 2. The monoisotopic (exact) mass is 240 g/mol. The lowest BCUT2D eigenvalue weighted by atomic mass is 10.1. The van der Waals surface area contributed by atoms with Crippen molar-refractivity contribution in [3.05, 3.63) is 48.4 Å². The van der Waals surface area contributed by atoms with Gasteiger partial charge in [0.15, 0.2) is 0 Å². The van der Waals surface area contributed by atoms with Crippen molar-refractivity contribution in [1.29, 1.82) is 0 Å². The third kappa shape index (κ3) is 1.87. The molecule has 0 saturated carbocycles. The van der Waals surface area contributed by atoms with Crippen LogP contribution in [0.15, 0.2) is 47.0 Å². The number of aliphatic hydroxyl groups excluding tert-OH is 1. The summed E-state index contributed by atoms with van der Waals surface area (Å²) in [7, 11) is 0. The number of benzene rings is 2. The second-order valence-corrected chi connectivity index (χ2v) is 4.19. The van der Waals surface area contributed by atoms with Gasteiger partial charge in [-0.1, -0.05) is 41.6 Å². The van der Waals surface area contributed by atoms with E-state index in [1.807, 2.05) is 36.4 Å². The number of nitrogens with zero attached hydrogens (tertiary/aromatic N) is 2. The summed E-state index contributed by atoms with van der Waals surface area (Å²) < 4.78 is 4.98. The smallest absolute Gasteiger partial charge is 0.255 e.